The van der Waals surface area contributed by atoms with Crippen molar-refractivity contribution in [2.75, 3.05) is 0 Å². The zero-order chi connectivity index (χ0) is 13.3. The number of rotatable bonds is 2. The monoisotopic (exact) mass is 249 g/mol. The molecule has 0 spiro atoms. The van der Waals surface area contributed by atoms with E-state index >= 15 is 0 Å². The number of nitrogens with two attached hydrogens (primary N) is 1. The Hall–Kier alpha value is -2.08. The molecule has 3 N–H and O–H groups in total. The first-order valence-electron chi connectivity index (χ1n) is 5.43. The lowest BCUT2D eigenvalue weighted by atomic mass is 9.96. The van der Waals surface area contributed by atoms with Gasteiger partial charge in [0.2, 0.25) is 5.91 Å². The average Bonchev–Trinajstić information content (AvgIpc) is 2.27. The molecule has 6 heteroatoms. The fourth-order valence-corrected chi connectivity index (χ4v) is 1.72. The number of hydrogen-bond donors (Lipinski definition) is 2. The van der Waals surface area contributed by atoms with Gasteiger partial charge in [0.05, 0.1) is 6.04 Å². The van der Waals surface area contributed by atoms with Crippen LogP contribution < -0.4 is 11.1 Å². The summed E-state index contributed by atoms with van der Waals surface area (Å²) in [7, 11) is 0. The molecule has 2 rings (SSSR count). The van der Waals surface area contributed by atoms with Gasteiger partial charge in [-0.1, -0.05) is 12.1 Å². The highest BCUT2D eigenvalue weighted by Crippen LogP contribution is 2.21. The number of carbonyl (C=O) groups is 2. The number of amidine groups is 1. The SMILES string of the molecule is CC(N)C1=NC(=O)C(c2cccc(F)c2)C(=O)N1. The third kappa shape index (κ3) is 2.28. The van der Waals surface area contributed by atoms with Crippen LogP contribution in [0.2, 0.25) is 0 Å². The van der Waals surface area contributed by atoms with E-state index in [4.69, 9.17) is 5.73 Å². The zero-order valence-corrected chi connectivity index (χ0v) is 9.68. The smallest absolute Gasteiger partial charge is 0.264 e. The fraction of sp³-hybridized carbons (Fsp3) is 0.250. The molecule has 0 saturated heterocycles. The predicted octanol–water partition coefficient (Wildman–Crippen LogP) is 0.311. The van der Waals surface area contributed by atoms with Crippen LogP contribution in [0, 0.1) is 5.82 Å². The van der Waals surface area contributed by atoms with Gasteiger partial charge in [0.15, 0.2) is 0 Å². The van der Waals surface area contributed by atoms with Crippen LogP contribution in [-0.2, 0) is 9.59 Å². The number of aliphatic imine (C=N–C) groups is 1. The molecule has 94 valence electrons. The van der Waals surface area contributed by atoms with Crippen LogP contribution in [0.25, 0.3) is 0 Å². The Kier molecular flexibility index (Phi) is 3.20. The van der Waals surface area contributed by atoms with Crippen LogP contribution in [0.4, 0.5) is 4.39 Å². The number of nitrogens with one attached hydrogen (secondary N) is 1. The van der Waals surface area contributed by atoms with E-state index in [2.05, 4.69) is 10.3 Å². The molecule has 0 saturated carbocycles. The van der Waals surface area contributed by atoms with Gasteiger partial charge < -0.3 is 11.1 Å². The molecule has 2 atom stereocenters. The molecule has 2 amide bonds. The Balaban J connectivity index is 2.36. The predicted molar refractivity (Wildman–Crippen MR) is 63.4 cm³/mol. The van der Waals surface area contributed by atoms with E-state index in [-0.39, 0.29) is 11.4 Å². The highest BCUT2D eigenvalue weighted by molar-refractivity contribution is 6.20. The Bertz CT molecular complexity index is 540. The lowest BCUT2D eigenvalue weighted by molar-refractivity contribution is -0.129. The number of nitrogens with zero attached hydrogens (tertiary/aromatic N) is 1. The minimum atomic E-state index is -1.11. The molecule has 1 heterocycles. The molecular weight excluding hydrogens is 237 g/mol. The van der Waals surface area contributed by atoms with Crippen LogP contribution in [-0.4, -0.2) is 23.7 Å². The van der Waals surface area contributed by atoms with Gasteiger partial charge in [-0.15, -0.1) is 0 Å². The summed E-state index contributed by atoms with van der Waals surface area (Å²) in [6.45, 7) is 1.61. The highest BCUT2D eigenvalue weighted by atomic mass is 19.1. The van der Waals surface area contributed by atoms with Crippen molar-refractivity contribution in [3.05, 3.63) is 35.6 Å². The Morgan fingerprint density at radius 1 is 1.44 bits per heavy atom. The molecule has 5 nitrogen and oxygen atoms in total. The third-order valence-corrected chi connectivity index (χ3v) is 2.60. The summed E-state index contributed by atoms with van der Waals surface area (Å²) in [5, 5.41) is 2.46. The molecule has 0 fully saturated rings. The molecule has 1 aliphatic heterocycles. The quantitative estimate of drug-likeness (QED) is 0.740. The van der Waals surface area contributed by atoms with Gasteiger partial charge in [0, 0.05) is 0 Å². The summed E-state index contributed by atoms with van der Waals surface area (Å²) < 4.78 is 13.1. The van der Waals surface area contributed by atoms with Gasteiger partial charge >= 0.3 is 0 Å². The summed E-state index contributed by atoms with van der Waals surface area (Å²) >= 11 is 0. The van der Waals surface area contributed by atoms with Crippen molar-refractivity contribution in [2.24, 2.45) is 10.7 Å². The maximum atomic E-state index is 13.1. The standard InChI is InChI=1S/C12H12FN3O2/c1-6(14)10-15-11(17)9(12(18)16-10)7-3-2-4-8(13)5-7/h2-6,9H,14H2,1H3,(H,15,16,17,18). The lowest BCUT2D eigenvalue weighted by Crippen LogP contribution is -2.49. The first kappa shape index (κ1) is 12.4. The van der Waals surface area contributed by atoms with Crippen LogP contribution >= 0.6 is 0 Å². The highest BCUT2D eigenvalue weighted by Gasteiger charge is 2.34. The summed E-state index contributed by atoms with van der Waals surface area (Å²) in [5.74, 6) is -2.64. The van der Waals surface area contributed by atoms with E-state index in [0.29, 0.717) is 0 Å². The number of halogens is 1. The second kappa shape index (κ2) is 4.66. The first-order chi connectivity index (χ1) is 8.49. The van der Waals surface area contributed by atoms with Crippen molar-refractivity contribution in [3.63, 3.8) is 0 Å². The van der Waals surface area contributed by atoms with E-state index in [1.54, 1.807) is 6.92 Å². The van der Waals surface area contributed by atoms with E-state index in [1.807, 2.05) is 0 Å². The molecule has 1 aromatic rings. The molecule has 0 aliphatic carbocycles. The van der Waals surface area contributed by atoms with Crippen molar-refractivity contribution in [1.29, 1.82) is 0 Å². The van der Waals surface area contributed by atoms with Gasteiger partial charge in [0.25, 0.3) is 5.91 Å². The number of carbonyl (C=O) groups excluding carboxylic acids is 2. The molecule has 0 radical (unpaired) electrons. The maximum absolute atomic E-state index is 13.1. The van der Waals surface area contributed by atoms with Crippen LogP contribution in [0.5, 0.6) is 0 Å². The van der Waals surface area contributed by atoms with Crippen LogP contribution in [0.3, 0.4) is 0 Å². The molecule has 18 heavy (non-hydrogen) atoms. The Morgan fingerprint density at radius 3 is 2.72 bits per heavy atom. The van der Waals surface area contributed by atoms with Crippen LogP contribution in [0.15, 0.2) is 29.3 Å². The minimum Gasteiger partial charge on any atom is -0.322 e. The summed E-state index contributed by atoms with van der Waals surface area (Å²) in [6.07, 6.45) is 0. The van der Waals surface area contributed by atoms with Gasteiger partial charge in [0.1, 0.15) is 17.6 Å². The first-order valence-corrected chi connectivity index (χ1v) is 5.43. The average molecular weight is 249 g/mol. The Labute approximate surface area is 103 Å². The summed E-state index contributed by atoms with van der Waals surface area (Å²) in [4.78, 5) is 27.4. The minimum absolute atomic E-state index is 0.137. The summed E-state index contributed by atoms with van der Waals surface area (Å²) in [5.41, 5.74) is 5.82. The van der Waals surface area contributed by atoms with Crippen molar-refractivity contribution >= 4 is 17.6 Å². The molecule has 0 bridgehead atoms. The largest absolute Gasteiger partial charge is 0.322 e. The van der Waals surface area contributed by atoms with E-state index < -0.39 is 29.6 Å². The van der Waals surface area contributed by atoms with Crippen molar-refractivity contribution in [1.82, 2.24) is 5.32 Å². The van der Waals surface area contributed by atoms with Gasteiger partial charge in [-0.25, -0.2) is 4.39 Å². The molecule has 2 unspecified atom stereocenters. The number of amides is 2. The van der Waals surface area contributed by atoms with Gasteiger partial charge in [-0.3, -0.25) is 9.59 Å². The maximum Gasteiger partial charge on any atom is 0.264 e. The van der Waals surface area contributed by atoms with E-state index in [9.17, 15) is 14.0 Å². The Morgan fingerprint density at radius 2 is 2.17 bits per heavy atom. The number of benzene rings is 1. The second-order valence-corrected chi connectivity index (χ2v) is 4.10. The fourth-order valence-electron chi connectivity index (χ4n) is 1.72. The molecular formula is C12H12FN3O2. The van der Waals surface area contributed by atoms with E-state index in [1.165, 1.54) is 18.2 Å². The zero-order valence-electron chi connectivity index (χ0n) is 9.68. The number of hydrogen-bond acceptors (Lipinski definition) is 3. The topological polar surface area (TPSA) is 84.5 Å². The second-order valence-electron chi connectivity index (χ2n) is 4.10. The van der Waals surface area contributed by atoms with Crippen molar-refractivity contribution in [2.45, 2.75) is 18.9 Å². The van der Waals surface area contributed by atoms with Gasteiger partial charge in [-0.05, 0) is 24.6 Å². The molecule has 0 aromatic heterocycles. The molecule has 1 aromatic carbocycles. The lowest BCUT2D eigenvalue weighted by Gasteiger charge is -2.22. The third-order valence-electron chi connectivity index (χ3n) is 2.60. The molecule has 1 aliphatic rings. The van der Waals surface area contributed by atoms with Crippen molar-refractivity contribution < 1.29 is 14.0 Å². The normalized spacial score (nSPS) is 21.3. The summed E-state index contributed by atoms with van der Waals surface area (Å²) in [6, 6.07) is 4.81. The van der Waals surface area contributed by atoms with Gasteiger partial charge in [-0.2, -0.15) is 4.99 Å². The van der Waals surface area contributed by atoms with Crippen LogP contribution in [0.1, 0.15) is 18.4 Å². The van der Waals surface area contributed by atoms with Crippen molar-refractivity contribution in [3.8, 4) is 0 Å². The van der Waals surface area contributed by atoms with E-state index in [0.717, 1.165) is 6.07 Å².